The van der Waals surface area contributed by atoms with Crippen LogP contribution in [-0.4, -0.2) is 13.0 Å². The molecule has 0 atom stereocenters. The highest BCUT2D eigenvalue weighted by Crippen LogP contribution is 2.31. The Hall–Kier alpha value is -1.39. The maximum absolute atomic E-state index is 12.1. The third-order valence-corrected chi connectivity index (χ3v) is 2.08. The number of unbranched alkanes of at least 4 members (excludes halogenated alkanes) is 2. The van der Waals surface area contributed by atoms with Crippen LogP contribution < -0.4 is 9.47 Å². The minimum atomic E-state index is -4.69. The zero-order valence-electron chi connectivity index (χ0n) is 9.59. The van der Waals surface area contributed by atoms with Gasteiger partial charge in [0.15, 0.2) is 11.5 Å². The zero-order valence-corrected chi connectivity index (χ0v) is 9.59. The van der Waals surface area contributed by atoms with Gasteiger partial charge in [0.2, 0.25) is 0 Å². The summed E-state index contributed by atoms with van der Waals surface area (Å²) in [5, 5.41) is 0. The second-order valence-corrected chi connectivity index (χ2v) is 3.55. The molecule has 1 aromatic carbocycles. The molecule has 0 aliphatic rings. The van der Waals surface area contributed by atoms with Crippen molar-refractivity contribution < 1.29 is 22.6 Å². The van der Waals surface area contributed by atoms with Gasteiger partial charge >= 0.3 is 6.36 Å². The van der Waals surface area contributed by atoms with Gasteiger partial charge in [0.05, 0.1) is 6.61 Å². The molecule has 0 aromatic heterocycles. The van der Waals surface area contributed by atoms with Crippen LogP contribution in [0.3, 0.4) is 0 Å². The van der Waals surface area contributed by atoms with Gasteiger partial charge in [0.1, 0.15) is 0 Å². The predicted octanol–water partition coefficient (Wildman–Crippen LogP) is 4.15. The molecular weight excluding hydrogens is 233 g/mol. The third kappa shape index (κ3) is 5.47. The number of ether oxygens (including phenoxy) is 2. The lowest BCUT2D eigenvalue weighted by atomic mass is 10.2. The summed E-state index contributed by atoms with van der Waals surface area (Å²) >= 11 is 0. The average Bonchev–Trinajstić information content (AvgIpc) is 2.24. The normalized spacial score (nSPS) is 11.3. The van der Waals surface area contributed by atoms with Crippen molar-refractivity contribution in [2.45, 2.75) is 32.5 Å². The molecule has 2 nitrogen and oxygen atoms in total. The topological polar surface area (TPSA) is 18.5 Å². The van der Waals surface area contributed by atoms with E-state index in [4.69, 9.17) is 4.74 Å². The van der Waals surface area contributed by atoms with Crippen LogP contribution in [-0.2, 0) is 0 Å². The Bertz CT molecular complexity index is 337. The monoisotopic (exact) mass is 248 g/mol. The Morgan fingerprint density at radius 2 is 1.71 bits per heavy atom. The van der Waals surface area contributed by atoms with E-state index in [1.807, 2.05) is 6.92 Å². The van der Waals surface area contributed by atoms with Gasteiger partial charge in [-0.15, -0.1) is 13.2 Å². The molecule has 0 aliphatic carbocycles. The van der Waals surface area contributed by atoms with Crippen molar-refractivity contribution in [1.29, 1.82) is 0 Å². The van der Waals surface area contributed by atoms with E-state index < -0.39 is 6.36 Å². The molecule has 96 valence electrons. The molecule has 1 rings (SSSR count). The lowest BCUT2D eigenvalue weighted by molar-refractivity contribution is -0.275. The first-order valence-electron chi connectivity index (χ1n) is 5.50. The Morgan fingerprint density at radius 3 is 2.29 bits per heavy atom. The maximum Gasteiger partial charge on any atom is 0.573 e. The Balaban J connectivity index is 2.58. The molecule has 0 aliphatic heterocycles. The Labute approximate surface area is 98.3 Å². The molecule has 0 saturated carbocycles. The van der Waals surface area contributed by atoms with E-state index in [2.05, 4.69) is 4.74 Å². The summed E-state index contributed by atoms with van der Waals surface area (Å²) < 4.78 is 45.4. The van der Waals surface area contributed by atoms with E-state index in [1.54, 1.807) is 6.07 Å². The van der Waals surface area contributed by atoms with Gasteiger partial charge in [0, 0.05) is 0 Å². The minimum Gasteiger partial charge on any atom is -0.490 e. The molecule has 0 fully saturated rings. The van der Waals surface area contributed by atoms with Crippen LogP contribution in [0.2, 0.25) is 0 Å². The second-order valence-electron chi connectivity index (χ2n) is 3.55. The molecule has 0 heterocycles. The van der Waals surface area contributed by atoms with Crippen molar-refractivity contribution in [2.24, 2.45) is 0 Å². The second kappa shape index (κ2) is 6.37. The minimum absolute atomic E-state index is 0.126. The van der Waals surface area contributed by atoms with Crippen LogP contribution in [0.5, 0.6) is 11.5 Å². The third-order valence-electron chi connectivity index (χ3n) is 2.08. The maximum atomic E-state index is 12.1. The van der Waals surface area contributed by atoms with Gasteiger partial charge in [-0.05, 0) is 18.6 Å². The van der Waals surface area contributed by atoms with Gasteiger partial charge in [0.25, 0.3) is 0 Å². The van der Waals surface area contributed by atoms with Gasteiger partial charge in [-0.3, -0.25) is 0 Å². The lowest BCUT2D eigenvalue weighted by Crippen LogP contribution is -2.17. The summed E-state index contributed by atoms with van der Waals surface area (Å²) in [6.45, 7) is 2.44. The fourth-order valence-electron chi connectivity index (χ4n) is 1.31. The average molecular weight is 248 g/mol. The van der Waals surface area contributed by atoms with Crippen LogP contribution in [0.25, 0.3) is 0 Å². The number of para-hydroxylation sites is 2. The number of rotatable bonds is 6. The van der Waals surface area contributed by atoms with Crippen molar-refractivity contribution in [1.82, 2.24) is 0 Å². The molecular formula is C12H15F3O2. The number of hydrogen-bond donors (Lipinski definition) is 0. The Kier molecular flexibility index (Phi) is 5.12. The first-order valence-corrected chi connectivity index (χ1v) is 5.50. The first kappa shape index (κ1) is 13.7. The van der Waals surface area contributed by atoms with E-state index in [0.717, 1.165) is 19.3 Å². The van der Waals surface area contributed by atoms with Crippen molar-refractivity contribution in [2.75, 3.05) is 6.61 Å². The van der Waals surface area contributed by atoms with Crippen LogP contribution in [0, 0.1) is 0 Å². The summed E-state index contributed by atoms with van der Waals surface area (Å²) in [5.74, 6) is -0.169. The van der Waals surface area contributed by atoms with E-state index >= 15 is 0 Å². The van der Waals surface area contributed by atoms with Crippen molar-refractivity contribution in [3.8, 4) is 11.5 Å². The van der Waals surface area contributed by atoms with E-state index in [9.17, 15) is 13.2 Å². The van der Waals surface area contributed by atoms with E-state index in [1.165, 1.54) is 18.2 Å². The smallest absolute Gasteiger partial charge is 0.490 e. The molecule has 0 amide bonds. The first-order chi connectivity index (χ1) is 8.03. The summed E-state index contributed by atoms with van der Waals surface area (Å²) in [6, 6.07) is 5.79. The molecule has 0 bridgehead atoms. The highest BCUT2D eigenvalue weighted by molar-refractivity contribution is 5.39. The molecule has 0 unspecified atom stereocenters. The van der Waals surface area contributed by atoms with Crippen molar-refractivity contribution in [3.05, 3.63) is 24.3 Å². The van der Waals surface area contributed by atoms with Crippen molar-refractivity contribution in [3.63, 3.8) is 0 Å². The van der Waals surface area contributed by atoms with Crippen LogP contribution in [0.4, 0.5) is 13.2 Å². The molecule has 1 aromatic rings. The molecule has 0 spiro atoms. The van der Waals surface area contributed by atoms with Gasteiger partial charge in [-0.25, -0.2) is 0 Å². The molecule has 0 radical (unpaired) electrons. The molecule has 0 N–H and O–H groups in total. The summed E-state index contributed by atoms with van der Waals surface area (Å²) in [7, 11) is 0. The van der Waals surface area contributed by atoms with E-state index in [-0.39, 0.29) is 11.5 Å². The van der Waals surface area contributed by atoms with Crippen LogP contribution in [0.1, 0.15) is 26.2 Å². The number of hydrogen-bond acceptors (Lipinski definition) is 2. The summed E-state index contributed by atoms with van der Waals surface area (Å²) in [5.41, 5.74) is 0. The SMILES string of the molecule is CCCCCOc1ccccc1OC(F)(F)F. The van der Waals surface area contributed by atoms with Gasteiger partial charge in [-0.1, -0.05) is 31.9 Å². The fraction of sp³-hybridized carbons (Fsp3) is 0.500. The number of benzene rings is 1. The van der Waals surface area contributed by atoms with Gasteiger partial charge in [-0.2, -0.15) is 0 Å². The standard InChI is InChI=1S/C12H15F3O2/c1-2-3-6-9-16-10-7-4-5-8-11(10)17-12(13,14)15/h4-5,7-8H,2-3,6,9H2,1H3. The van der Waals surface area contributed by atoms with E-state index in [0.29, 0.717) is 6.61 Å². The Morgan fingerprint density at radius 1 is 1.06 bits per heavy atom. The van der Waals surface area contributed by atoms with Crippen LogP contribution >= 0.6 is 0 Å². The highest BCUT2D eigenvalue weighted by Gasteiger charge is 2.32. The van der Waals surface area contributed by atoms with Crippen LogP contribution in [0.15, 0.2) is 24.3 Å². The largest absolute Gasteiger partial charge is 0.573 e. The lowest BCUT2D eigenvalue weighted by Gasteiger charge is -2.13. The fourth-order valence-corrected chi connectivity index (χ4v) is 1.31. The molecule has 0 saturated heterocycles. The summed E-state index contributed by atoms with van der Waals surface area (Å²) in [6.07, 6.45) is -1.86. The van der Waals surface area contributed by atoms with Gasteiger partial charge < -0.3 is 9.47 Å². The molecule has 5 heteroatoms. The zero-order chi connectivity index (χ0) is 12.7. The highest BCUT2D eigenvalue weighted by atomic mass is 19.4. The van der Waals surface area contributed by atoms with Crippen molar-refractivity contribution >= 4 is 0 Å². The quantitative estimate of drug-likeness (QED) is 0.704. The number of alkyl halides is 3. The number of halogens is 3. The predicted molar refractivity (Wildman–Crippen MR) is 58.1 cm³/mol. The summed E-state index contributed by atoms with van der Waals surface area (Å²) in [4.78, 5) is 0. The molecule has 17 heavy (non-hydrogen) atoms.